The molecule has 1 aromatic rings. The number of rotatable bonds is 2. The predicted molar refractivity (Wildman–Crippen MR) is 54.4 cm³/mol. The van der Waals surface area contributed by atoms with E-state index in [0.29, 0.717) is 0 Å². The van der Waals surface area contributed by atoms with Gasteiger partial charge in [0.1, 0.15) is 6.33 Å². The first-order valence-corrected chi connectivity index (χ1v) is 5.21. The van der Waals surface area contributed by atoms with Gasteiger partial charge in [-0.05, 0) is 12.8 Å². The molecule has 2 N–H and O–H groups in total. The van der Waals surface area contributed by atoms with Gasteiger partial charge < -0.3 is 10.4 Å². The molecule has 0 saturated heterocycles. The number of nitrogens with zero attached hydrogens (tertiary/aromatic N) is 2. The van der Waals surface area contributed by atoms with E-state index in [9.17, 15) is 4.79 Å². The van der Waals surface area contributed by atoms with Crippen LogP contribution in [-0.4, -0.2) is 33.3 Å². The molecule has 1 aliphatic carbocycles. The van der Waals surface area contributed by atoms with Crippen molar-refractivity contribution in [2.45, 2.75) is 25.3 Å². The molecule has 2 unspecified atom stereocenters. The van der Waals surface area contributed by atoms with Crippen LogP contribution < -0.4 is 5.32 Å². The fraction of sp³-hybridized carbons (Fsp3) is 0.600. The van der Waals surface area contributed by atoms with Crippen LogP contribution in [0.25, 0.3) is 0 Å². The lowest BCUT2D eigenvalue weighted by atomic mass is 10.1. The Hall–Kier alpha value is -1.36. The summed E-state index contributed by atoms with van der Waals surface area (Å²) in [5.74, 6) is 0.206. The van der Waals surface area contributed by atoms with Crippen LogP contribution in [0.1, 0.15) is 19.3 Å². The Morgan fingerprint density at radius 1 is 1.60 bits per heavy atom. The van der Waals surface area contributed by atoms with Gasteiger partial charge in [-0.3, -0.25) is 4.57 Å². The number of carbonyl (C=O) groups excluding carboxylic acids is 1. The lowest BCUT2D eigenvalue weighted by Gasteiger charge is -2.18. The second-order valence-corrected chi connectivity index (χ2v) is 3.90. The Kier molecular flexibility index (Phi) is 3.01. The maximum absolute atomic E-state index is 11.7. The highest BCUT2D eigenvalue weighted by atomic mass is 16.3. The SMILES string of the molecule is O=C(NC1CCCC1CO)n1ccnc1. The van der Waals surface area contributed by atoms with E-state index in [0.717, 1.165) is 19.3 Å². The van der Waals surface area contributed by atoms with Gasteiger partial charge in [0.15, 0.2) is 0 Å². The summed E-state index contributed by atoms with van der Waals surface area (Å²) in [6.07, 6.45) is 7.66. The largest absolute Gasteiger partial charge is 0.396 e. The number of nitrogens with one attached hydrogen (secondary N) is 1. The minimum atomic E-state index is -0.169. The topological polar surface area (TPSA) is 67.2 Å². The quantitative estimate of drug-likeness (QED) is 0.749. The molecule has 0 bridgehead atoms. The molecular formula is C10H15N3O2. The van der Waals surface area contributed by atoms with Crippen molar-refractivity contribution in [3.63, 3.8) is 0 Å². The summed E-state index contributed by atoms with van der Waals surface area (Å²) < 4.78 is 1.41. The molecule has 1 heterocycles. The van der Waals surface area contributed by atoms with E-state index >= 15 is 0 Å². The highest BCUT2D eigenvalue weighted by Crippen LogP contribution is 2.24. The van der Waals surface area contributed by atoms with Crippen molar-refractivity contribution in [1.82, 2.24) is 14.9 Å². The van der Waals surface area contributed by atoms with Gasteiger partial charge in [0, 0.05) is 31.0 Å². The maximum Gasteiger partial charge on any atom is 0.327 e. The number of imidazole rings is 1. The maximum atomic E-state index is 11.7. The minimum Gasteiger partial charge on any atom is -0.396 e. The number of aromatic nitrogens is 2. The zero-order valence-electron chi connectivity index (χ0n) is 8.47. The van der Waals surface area contributed by atoms with Crippen LogP contribution in [0.4, 0.5) is 4.79 Å². The number of amides is 1. The van der Waals surface area contributed by atoms with Crippen molar-refractivity contribution in [3.05, 3.63) is 18.7 Å². The summed E-state index contributed by atoms with van der Waals surface area (Å²) >= 11 is 0. The second-order valence-electron chi connectivity index (χ2n) is 3.90. The molecule has 2 atom stereocenters. The molecule has 2 rings (SSSR count). The highest BCUT2D eigenvalue weighted by Gasteiger charge is 2.27. The monoisotopic (exact) mass is 209 g/mol. The van der Waals surface area contributed by atoms with Gasteiger partial charge >= 0.3 is 6.03 Å². The van der Waals surface area contributed by atoms with Crippen LogP contribution >= 0.6 is 0 Å². The highest BCUT2D eigenvalue weighted by molar-refractivity contribution is 5.76. The molecule has 0 spiro atoms. The van der Waals surface area contributed by atoms with E-state index in [2.05, 4.69) is 10.3 Å². The Morgan fingerprint density at radius 2 is 2.47 bits per heavy atom. The molecule has 1 fully saturated rings. The fourth-order valence-corrected chi connectivity index (χ4v) is 2.06. The molecule has 0 aromatic carbocycles. The number of hydrogen-bond acceptors (Lipinski definition) is 3. The molecule has 1 saturated carbocycles. The second kappa shape index (κ2) is 4.44. The lowest BCUT2D eigenvalue weighted by Crippen LogP contribution is -2.40. The third-order valence-electron chi connectivity index (χ3n) is 2.94. The number of carbonyl (C=O) groups is 1. The van der Waals surface area contributed by atoms with Crippen LogP contribution in [0.5, 0.6) is 0 Å². The first kappa shape index (κ1) is 10.2. The fourth-order valence-electron chi connectivity index (χ4n) is 2.06. The van der Waals surface area contributed by atoms with Crippen LogP contribution in [0.3, 0.4) is 0 Å². The molecule has 1 amide bonds. The van der Waals surface area contributed by atoms with Crippen molar-refractivity contribution in [1.29, 1.82) is 0 Å². The van der Waals surface area contributed by atoms with Crippen LogP contribution in [0, 0.1) is 5.92 Å². The van der Waals surface area contributed by atoms with Gasteiger partial charge in [0.25, 0.3) is 0 Å². The summed E-state index contributed by atoms with van der Waals surface area (Å²) in [5.41, 5.74) is 0. The Morgan fingerprint density at radius 3 is 3.13 bits per heavy atom. The van der Waals surface area contributed by atoms with E-state index in [4.69, 9.17) is 5.11 Å². The molecule has 1 aromatic heterocycles. The van der Waals surface area contributed by atoms with Crippen molar-refractivity contribution >= 4 is 6.03 Å². The van der Waals surface area contributed by atoms with E-state index in [-0.39, 0.29) is 24.6 Å². The molecule has 15 heavy (non-hydrogen) atoms. The van der Waals surface area contributed by atoms with Crippen LogP contribution in [0.15, 0.2) is 18.7 Å². The van der Waals surface area contributed by atoms with Gasteiger partial charge in [-0.2, -0.15) is 0 Å². The molecule has 82 valence electrons. The van der Waals surface area contributed by atoms with Crippen molar-refractivity contribution in [2.75, 3.05) is 6.61 Å². The first-order valence-electron chi connectivity index (χ1n) is 5.21. The summed E-state index contributed by atoms with van der Waals surface area (Å²) in [6, 6.07) is -0.0669. The molecule has 0 aliphatic heterocycles. The molecule has 5 heteroatoms. The summed E-state index contributed by atoms with van der Waals surface area (Å²) in [4.78, 5) is 15.5. The van der Waals surface area contributed by atoms with E-state index in [1.54, 1.807) is 12.4 Å². The Balaban J connectivity index is 1.94. The standard InChI is InChI=1S/C10H15N3O2/c14-6-8-2-1-3-9(8)12-10(15)13-5-4-11-7-13/h4-5,7-9,14H,1-3,6H2,(H,12,15). The normalized spacial score (nSPS) is 25.4. The van der Waals surface area contributed by atoms with Crippen molar-refractivity contribution in [3.8, 4) is 0 Å². The summed E-state index contributed by atoms with van der Waals surface area (Å²) in [7, 11) is 0. The van der Waals surface area contributed by atoms with Gasteiger partial charge in [-0.25, -0.2) is 9.78 Å². The third kappa shape index (κ3) is 2.18. The number of aliphatic hydroxyl groups excluding tert-OH is 1. The summed E-state index contributed by atoms with van der Waals surface area (Å²) in [6.45, 7) is 0.148. The molecule has 5 nitrogen and oxygen atoms in total. The van der Waals surface area contributed by atoms with Crippen LogP contribution in [0.2, 0.25) is 0 Å². The van der Waals surface area contributed by atoms with Gasteiger partial charge in [0.05, 0.1) is 0 Å². The predicted octanol–water partition coefficient (Wildman–Crippen LogP) is 0.602. The zero-order valence-corrected chi connectivity index (χ0v) is 8.47. The third-order valence-corrected chi connectivity index (χ3v) is 2.94. The minimum absolute atomic E-state index is 0.102. The van der Waals surface area contributed by atoms with Crippen LogP contribution in [-0.2, 0) is 0 Å². The average molecular weight is 209 g/mol. The van der Waals surface area contributed by atoms with Gasteiger partial charge in [-0.15, -0.1) is 0 Å². The van der Waals surface area contributed by atoms with Crippen molar-refractivity contribution in [2.24, 2.45) is 5.92 Å². The summed E-state index contributed by atoms with van der Waals surface area (Å²) in [5, 5.41) is 12.0. The Bertz CT molecular complexity index is 323. The molecule has 0 radical (unpaired) electrons. The number of hydrogen-bond donors (Lipinski definition) is 2. The van der Waals surface area contributed by atoms with E-state index < -0.39 is 0 Å². The lowest BCUT2D eigenvalue weighted by molar-refractivity contribution is 0.200. The van der Waals surface area contributed by atoms with E-state index in [1.807, 2.05) is 0 Å². The smallest absolute Gasteiger partial charge is 0.327 e. The first-order chi connectivity index (χ1) is 7.31. The average Bonchev–Trinajstić information content (AvgIpc) is 2.87. The van der Waals surface area contributed by atoms with Gasteiger partial charge in [0.2, 0.25) is 0 Å². The van der Waals surface area contributed by atoms with E-state index in [1.165, 1.54) is 10.9 Å². The zero-order chi connectivity index (χ0) is 10.7. The molecule has 1 aliphatic rings. The van der Waals surface area contributed by atoms with Gasteiger partial charge in [-0.1, -0.05) is 6.42 Å². The molecular weight excluding hydrogens is 194 g/mol. The number of aliphatic hydroxyl groups is 1. The van der Waals surface area contributed by atoms with Crippen molar-refractivity contribution < 1.29 is 9.90 Å². The Labute approximate surface area is 88.1 Å².